The highest BCUT2D eigenvalue weighted by molar-refractivity contribution is 5.92. The van der Waals surface area contributed by atoms with Crippen LogP contribution >= 0.6 is 0 Å². The van der Waals surface area contributed by atoms with Crippen LogP contribution in [0, 0.1) is 0 Å². The Hall–Kier alpha value is -1.97. The molecule has 0 aliphatic rings. The molecule has 150 valence electrons. The Balaban J connectivity index is 1.41. The minimum atomic E-state index is -0.118. The van der Waals surface area contributed by atoms with E-state index in [9.17, 15) is 4.79 Å². The van der Waals surface area contributed by atoms with E-state index >= 15 is 0 Å². The predicted molar refractivity (Wildman–Crippen MR) is 116 cm³/mol. The molecule has 0 spiro atoms. The normalized spacial score (nSPS) is 11.0. The number of urea groups is 1. The first-order chi connectivity index (χ1) is 13.3. The van der Waals surface area contributed by atoms with E-state index in [1.54, 1.807) is 0 Å². The Morgan fingerprint density at radius 2 is 1.48 bits per heavy atom. The minimum absolute atomic E-state index is 0.118. The maximum absolute atomic E-state index is 12.0. The topological polar surface area (TPSA) is 56.9 Å². The van der Waals surface area contributed by atoms with Gasteiger partial charge in [0.15, 0.2) is 0 Å². The van der Waals surface area contributed by atoms with Gasteiger partial charge in [0.1, 0.15) is 0 Å². The lowest BCUT2D eigenvalue weighted by molar-refractivity contribution is 0.252. The Labute approximate surface area is 164 Å². The van der Waals surface area contributed by atoms with Crippen molar-refractivity contribution in [2.24, 2.45) is 0 Å². The molecular weight excluding hydrogens is 334 g/mol. The van der Waals surface area contributed by atoms with Crippen molar-refractivity contribution in [2.75, 3.05) is 11.9 Å². The van der Waals surface area contributed by atoms with Crippen molar-refractivity contribution in [1.82, 2.24) is 10.3 Å². The van der Waals surface area contributed by atoms with Crippen LogP contribution in [0.2, 0.25) is 0 Å². The van der Waals surface area contributed by atoms with Crippen LogP contribution in [-0.4, -0.2) is 17.6 Å². The molecule has 0 saturated heterocycles. The maximum Gasteiger partial charge on any atom is 0.319 e. The van der Waals surface area contributed by atoms with Crippen molar-refractivity contribution in [2.45, 2.75) is 84.0 Å². The van der Waals surface area contributed by atoms with Gasteiger partial charge in [-0.25, -0.2) is 4.79 Å². The van der Waals surface area contributed by atoms with E-state index in [2.05, 4.69) is 22.5 Å². The molecule has 4 heteroatoms. The summed E-state index contributed by atoms with van der Waals surface area (Å²) in [7, 11) is 0. The number of nitrogens with one attached hydrogen (secondary N) is 3. The second-order valence-corrected chi connectivity index (χ2v) is 7.55. The second-order valence-electron chi connectivity index (χ2n) is 7.55. The number of aromatic amines is 1. The van der Waals surface area contributed by atoms with Gasteiger partial charge in [-0.1, -0.05) is 77.6 Å². The lowest BCUT2D eigenvalue weighted by atomic mass is 10.1. The quantitative estimate of drug-likeness (QED) is 0.308. The van der Waals surface area contributed by atoms with Gasteiger partial charge in [-0.05, 0) is 30.7 Å². The molecule has 0 radical (unpaired) electrons. The molecule has 3 N–H and O–H groups in total. The van der Waals surface area contributed by atoms with E-state index in [-0.39, 0.29) is 6.03 Å². The molecule has 0 aliphatic heterocycles. The summed E-state index contributed by atoms with van der Waals surface area (Å²) in [4.78, 5) is 15.1. The zero-order valence-electron chi connectivity index (χ0n) is 17.0. The number of hydrogen-bond acceptors (Lipinski definition) is 1. The van der Waals surface area contributed by atoms with E-state index in [1.165, 1.54) is 70.6 Å². The molecular formula is C23H37N3O. The first-order valence-corrected chi connectivity index (χ1v) is 10.9. The second kappa shape index (κ2) is 13.2. The molecule has 1 aromatic heterocycles. The molecule has 27 heavy (non-hydrogen) atoms. The lowest BCUT2D eigenvalue weighted by Crippen LogP contribution is -2.29. The van der Waals surface area contributed by atoms with Crippen LogP contribution in [0.15, 0.2) is 30.5 Å². The molecule has 1 heterocycles. The maximum atomic E-state index is 12.0. The van der Waals surface area contributed by atoms with Crippen LogP contribution in [0.3, 0.4) is 0 Å². The molecule has 1 aromatic carbocycles. The highest BCUT2D eigenvalue weighted by Gasteiger charge is 2.02. The zero-order valence-corrected chi connectivity index (χ0v) is 17.0. The van der Waals surface area contributed by atoms with Gasteiger partial charge in [-0.2, -0.15) is 0 Å². The smallest absolute Gasteiger partial charge is 0.319 e. The largest absolute Gasteiger partial charge is 0.361 e. The Bertz CT molecular complexity index is 650. The van der Waals surface area contributed by atoms with Gasteiger partial charge in [0.25, 0.3) is 0 Å². The molecule has 0 unspecified atom stereocenters. The fourth-order valence-electron chi connectivity index (χ4n) is 3.47. The van der Waals surface area contributed by atoms with Crippen LogP contribution in [0.1, 0.15) is 84.0 Å². The average Bonchev–Trinajstić information content (AvgIpc) is 3.13. The summed E-state index contributed by atoms with van der Waals surface area (Å²) in [5.41, 5.74) is 1.91. The fraction of sp³-hybridized carbons (Fsp3) is 0.609. The molecule has 0 saturated carbocycles. The summed E-state index contributed by atoms with van der Waals surface area (Å²) in [6.45, 7) is 3.02. The monoisotopic (exact) mass is 371 g/mol. The molecule has 0 fully saturated rings. The van der Waals surface area contributed by atoms with Gasteiger partial charge in [0, 0.05) is 29.3 Å². The summed E-state index contributed by atoms with van der Waals surface area (Å²) in [5, 5.41) is 6.96. The van der Waals surface area contributed by atoms with Gasteiger partial charge in [0.2, 0.25) is 0 Å². The standard InChI is InChI=1S/C23H37N3O/c1-2-3-4-5-6-7-8-9-10-11-12-13-17-25-23(27)26-21-14-15-22-20(19-21)16-18-24-22/h14-16,18-19,24H,2-13,17H2,1H3,(H2,25,26,27). The Morgan fingerprint density at radius 1 is 0.852 bits per heavy atom. The van der Waals surface area contributed by atoms with Gasteiger partial charge in [-0.3, -0.25) is 0 Å². The van der Waals surface area contributed by atoms with E-state index in [0.29, 0.717) is 0 Å². The van der Waals surface area contributed by atoms with Crippen molar-refractivity contribution in [3.8, 4) is 0 Å². The Kier molecular flexibility index (Phi) is 10.5. The number of amides is 2. The predicted octanol–water partition coefficient (Wildman–Crippen LogP) is 6.99. The summed E-state index contributed by atoms with van der Waals surface area (Å²) in [5.74, 6) is 0. The summed E-state index contributed by atoms with van der Waals surface area (Å²) in [6, 6.07) is 7.77. The molecule has 2 amide bonds. The number of aromatic nitrogens is 1. The van der Waals surface area contributed by atoms with Gasteiger partial charge in [0.05, 0.1) is 0 Å². The molecule has 2 rings (SSSR count). The number of benzene rings is 1. The number of carbonyl (C=O) groups is 1. The highest BCUT2D eigenvalue weighted by Crippen LogP contribution is 2.17. The van der Waals surface area contributed by atoms with Crippen molar-refractivity contribution in [3.05, 3.63) is 30.5 Å². The molecule has 0 atom stereocenters. The molecule has 0 aliphatic carbocycles. The average molecular weight is 372 g/mol. The highest BCUT2D eigenvalue weighted by atomic mass is 16.2. The summed E-state index contributed by atoms with van der Waals surface area (Å²) >= 11 is 0. The number of carbonyl (C=O) groups excluding carboxylic acids is 1. The molecule has 4 nitrogen and oxygen atoms in total. The van der Waals surface area contributed by atoms with E-state index < -0.39 is 0 Å². The molecule has 0 bridgehead atoms. The number of rotatable bonds is 14. The van der Waals surface area contributed by atoms with Crippen molar-refractivity contribution in [3.63, 3.8) is 0 Å². The van der Waals surface area contributed by atoms with Crippen LogP contribution in [0.25, 0.3) is 10.9 Å². The Morgan fingerprint density at radius 3 is 2.15 bits per heavy atom. The first kappa shape index (κ1) is 21.3. The SMILES string of the molecule is CCCCCCCCCCCCCCNC(=O)Nc1ccc2[nH]ccc2c1. The van der Waals surface area contributed by atoms with E-state index in [0.717, 1.165) is 29.6 Å². The number of anilines is 1. The third-order valence-corrected chi connectivity index (χ3v) is 5.13. The lowest BCUT2D eigenvalue weighted by Gasteiger charge is -2.08. The first-order valence-electron chi connectivity index (χ1n) is 10.9. The summed E-state index contributed by atoms with van der Waals surface area (Å²) in [6.07, 6.45) is 17.9. The van der Waals surface area contributed by atoms with Crippen LogP contribution in [0.5, 0.6) is 0 Å². The third kappa shape index (κ3) is 8.98. The zero-order chi connectivity index (χ0) is 19.2. The van der Waals surface area contributed by atoms with Crippen LogP contribution in [0.4, 0.5) is 10.5 Å². The number of unbranched alkanes of at least 4 members (excludes halogenated alkanes) is 11. The number of fused-ring (bicyclic) bond motifs is 1. The number of H-pyrrole nitrogens is 1. The van der Waals surface area contributed by atoms with E-state index in [4.69, 9.17) is 0 Å². The van der Waals surface area contributed by atoms with Gasteiger partial charge >= 0.3 is 6.03 Å². The van der Waals surface area contributed by atoms with Crippen molar-refractivity contribution in [1.29, 1.82) is 0 Å². The van der Waals surface area contributed by atoms with Crippen molar-refractivity contribution < 1.29 is 4.79 Å². The fourth-order valence-corrected chi connectivity index (χ4v) is 3.47. The van der Waals surface area contributed by atoms with E-state index in [1.807, 2.05) is 30.5 Å². The van der Waals surface area contributed by atoms with Gasteiger partial charge in [-0.15, -0.1) is 0 Å². The summed E-state index contributed by atoms with van der Waals surface area (Å²) < 4.78 is 0. The van der Waals surface area contributed by atoms with Crippen LogP contribution in [-0.2, 0) is 0 Å². The minimum Gasteiger partial charge on any atom is -0.361 e. The van der Waals surface area contributed by atoms with Crippen LogP contribution < -0.4 is 10.6 Å². The van der Waals surface area contributed by atoms with Crippen molar-refractivity contribution >= 4 is 22.6 Å². The third-order valence-electron chi connectivity index (χ3n) is 5.13. The molecule has 2 aromatic rings. The van der Waals surface area contributed by atoms with Gasteiger partial charge < -0.3 is 15.6 Å². The number of hydrogen-bond donors (Lipinski definition) is 3.